The normalized spacial score (nSPS) is 26.8. The molecule has 0 unspecified atom stereocenters. The monoisotopic (exact) mass is 248 g/mol. The molecule has 2 atom stereocenters. The molecule has 0 amide bonds. The minimum atomic E-state index is -0.220. The maximum absolute atomic E-state index is 5.97. The number of hydrogen-bond donors (Lipinski definition) is 0. The average Bonchev–Trinajstić information content (AvgIpc) is 3.11. The van der Waals surface area contributed by atoms with Crippen molar-refractivity contribution in [1.82, 2.24) is 0 Å². The van der Waals surface area contributed by atoms with E-state index >= 15 is 0 Å². The molecule has 0 aliphatic carbocycles. The van der Waals surface area contributed by atoms with E-state index in [1.807, 2.05) is 12.1 Å². The highest BCUT2D eigenvalue weighted by atomic mass is 16.6. The summed E-state index contributed by atoms with van der Waals surface area (Å²) in [5, 5.41) is 0. The van der Waals surface area contributed by atoms with Gasteiger partial charge in [0, 0.05) is 5.56 Å². The summed E-state index contributed by atoms with van der Waals surface area (Å²) in [6, 6.07) is 6.04. The Bertz CT molecular complexity index is 453. The molecule has 0 aromatic heterocycles. The van der Waals surface area contributed by atoms with Crippen molar-refractivity contribution in [2.75, 3.05) is 6.61 Å². The van der Waals surface area contributed by atoms with Gasteiger partial charge in [-0.2, -0.15) is 0 Å². The van der Waals surface area contributed by atoms with Gasteiger partial charge in [0.2, 0.25) is 0 Å². The first-order chi connectivity index (χ1) is 8.62. The van der Waals surface area contributed by atoms with Gasteiger partial charge < -0.3 is 14.2 Å². The van der Waals surface area contributed by atoms with E-state index in [0.29, 0.717) is 0 Å². The second kappa shape index (κ2) is 4.16. The van der Waals surface area contributed by atoms with Crippen LogP contribution >= 0.6 is 0 Å². The zero-order valence-electron chi connectivity index (χ0n) is 11.2. The highest BCUT2D eigenvalue weighted by Crippen LogP contribution is 2.54. The molecule has 2 heterocycles. The molecular weight excluding hydrogens is 228 g/mol. The lowest BCUT2D eigenvalue weighted by Gasteiger charge is -2.29. The molecule has 1 saturated heterocycles. The van der Waals surface area contributed by atoms with Crippen molar-refractivity contribution in [3.8, 4) is 11.5 Å². The number of epoxide rings is 1. The van der Waals surface area contributed by atoms with E-state index in [2.05, 4.69) is 26.8 Å². The van der Waals surface area contributed by atoms with Crippen molar-refractivity contribution in [2.24, 2.45) is 0 Å². The molecule has 18 heavy (non-hydrogen) atoms. The zero-order valence-corrected chi connectivity index (χ0v) is 11.2. The molecule has 2 aliphatic heterocycles. The van der Waals surface area contributed by atoms with Crippen LogP contribution in [0.5, 0.6) is 11.5 Å². The van der Waals surface area contributed by atoms with Crippen LogP contribution in [0.1, 0.15) is 45.3 Å². The van der Waals surface area contributed by atoms with Gasteiger partial charge in [-0.1, -0.05) is 13.3 Å². The molecule has 1 aromatic rings. The Morgan fingerprint density at radius 2 is 2.17 bits per heavy atom. The Labute approximate surface area is 108 Å². The van der Waals surface area contributed by atoms with E-state index in [9.17, 15) is 0 Å². The van der Waals surface area contributed by atoms with Crippen molar-refractivity contribution in [1.29, 1.82) is 0 Å². The number of unbranched alkanes of at least 4 members (excludes halogenated alkanes) is 1. The van der Waals surface area contributed by atoms with Gasteiger partial charge in [0.05, 0.1) is 6.61 Å². The zero-order chi connectivity index (χ0) is 12.8. The summed E-state index contributed by atoms with van der Waals surface area (Å²) in [6.45, 7) is 7.09. The lowest BCUT2D eigenvalue weighted by Crippen LogP contribution is -2.37. The van der Waals surface area contributed by atoms with Gasteiger partial charge in [-0.15, -0.1) is 0 Å². The number of hydrogen-bond acceptors (Lipinski definition) is 3. The summed E-state index contributed by atoms with van der Waals surface area (Å²) >= 11 is 0. The van der Waals surface area contributed by atoms with Gasteiger partial charge in [0.25, 0.3) is 0 Å². The van der Waals surface area contributed by atoms with Gasteiger partial charge in [-0.05, 0) is 38.5 Å². The highest BCUT2D eigenvalue weighted by molar-refractivity contribution is 5.46. The molecule has 98 valence electrons. The van der Waals surface area contributed by atoms with Crippen LogP contribution in [-0.4, -0.2) is 18.3 Å². The summed E-state index contributed by atoms with van der Waals surface area (Å²) < 4.78 is 17.4. The van der Waals surface area contributed by atoms with E-state index in [-0.39, 0.29) is 17.8 Å². The minimum absolute atomic E-state index is 0.191. The fraction of sp³-hybridized carbons (Fsp3) is 0.600. The van der Waals surface area contributed by atoms with Crippen molar-refractivity contribution in [2.45, 2.75) is 51.4 Å². The third-order valence-electron chi connectivity index (χ3n) is 3.60. The summed E-state index contributed by atoms with van der Waals surface area (Å²) in [5.41, 5.74) is 0.913. The Hall–Kier alpha value is -1.22. The van der Waals surface area contributed by atoms with Gasteiger partial charge in [-0.3, -0.25) is 0 Å². The molecule has 0 radical (unpaired) electrons. The fourth-order valence-corrected chi connectivity index (χ4v) is 2.48. The summed E-state index contributed by atoms with van der Waals surface area (Å²) in [6.07, 6.45) is 2.62. The molecule has 3 heteroatoms. The maximum atomic E-state index is 5.97. The van der Waals surface area contributed by atoms with Crippen molar-refractivity contribution in [3.63, 3.8) is 0 Å². The van der Waals surface area contributed by atoms with E-state index in [1.54, 1.807) is 0 Å². The highest BCUT2D eigenvalue weighted by Gasteiger charge is 2.56. The van der Waals surface area contributed by atoms with Crippen LogP contribution < -0.4 is 9.47 Å². The van der Waals surface area contributed by atoms with Gasteiger partial charge in [0.15, 0.2) is 0 Å². The van der Waals surface area contributed by atoms with Gasteiger partial charge >= 0.3 is 0 Å². The number of ether oxygens (including phenoxy) is 3. The molecule has 0 saturated carbocycles. The van der Waals surface area contributed by atoms with Crippen LogP contribution in [0, 0.1) is 0 Å². The lowest BCUT2D eigenvalue weighted by atomic mass is 9.94. The van der Waals surface area contributed by atoms with Crippen molar-refractivity contribution >= 4 is 0 Å². The predicted molar refractivity (Wildman–Crippen MR) is 69.2 cm³/mol. The van der Waals surface area contributed by atoms with Crippen LogP contribution in [0.25, 0.3) is 0 Å². The summed E-state index contributed by atoms with van der Waals surface area (Å²) in [4.78, 5) is 0. The van der Waals surface area contributed by atoms with E-state index in [1.165, 1.54) is 0 Å². The maximum Gasteiger partial charge on any atom is 0.132 e. The average molecular weight is 248 g/mol. The Morgan fingerprint density at radius 1 is 1.33 bits per heavy atom. The molecule has 1 aromatic carbocycles. The first-order valence-corrected chi connectivity index (χ1v) is 6.73. The fourth-order valence-electron chi connectivity index (χ4n) is 2.48. The quantitative estimate of drug-likeness (QED) is 0.604. The summed E-state index contributed by atoms with van der Waals surface area (Å²) in [7, 11) is 0. The van der Waals surface area contributed by atoms with Crippen LogP contribution in [0.15, 0.2) is 18.2 Å². The number of rotatable bonds is 4. The second-order valence-electron chi connectivity index (χ2n) is 5.58. The van der Waals surface area contributed by atoms with Gasteiger partial charge in [0.1, 0.15) is 29.3 Å². The predicted octanol–water partition coefficient (Wildman–Crippen LogP) is 3.48. The second-order valence-corrected chi connectivity index (χ2v) is 5.58. The molecule has 1 fully saturated rings. The first-order valence-electron chi connectivity index (χ1n) is 6.73. The van der Waals surface area contributed by atoms with Crippen LogP contribution in [-0.2, 0) is 4.74 Å². The molecular formula is C15H20O3. The molecule has 2 aliphatic rings. The topological polar surface area (TPSA) is 31.0 Å². The Balaban J connectivity index is 1.78. The number of benzene rings is 1. The Morgan fingerprint density at radius 3 is 2.94 bits per heavy atom. The van der Waals surface area contributed by atoms with E-state index < -0.39 is 0 Å². The number of fused-ring (bicyclic) bond motifs is 3. The van der Waals surface area contributed by atoms with Crippen LogP contribution in [0.4, 0.5) is 0 Å². The first kappa shape index (κ1) is 11.8. The van der Waals surface area contributed by atoms with Crippen molar-refractivity contribution in [3.05, 3.63) is 23.8 Å². The third-order valence-corrected chi connectivity index (χ3v) is 3.60. The van der Waals surface area contributed by atoms with Crippen molar-refractivity contribution < 1.29 is 14.2 Å². The molecule has 0 bridgehead atoms. The molecule has 0 spiro atoms. The standard InChI is InChI=1S/C15H20O3/c1-4-5-8-16-10-6-7-12-11(9-10)13-14(17-13)15(2,3)18-12/h6-7,9,13-14H,4-5,8H2,1-3H3/t13-,14-/m0/s1. The molecule has 0 N–H and O–H groups in total. The van der Waals surface area contributed by atoms with Gasteiger partial charge in [-0.25, -0.2) is 0 Å². The minimum Gasteiger partial charge on any atom is -0.494 e. The summed E-state index contributed by atoms with van der Waals surface area (Å²) in [5.74, 6) is 1.85. The molecule has 3 nitrogen and oxygen atoms in total. The lowest BCUT2D eigenvalue weighted by molar-refractivity contribution is 0.0724. The molecule has 3 rings (SSSR count). The SMILES string of the molecule is CCCCOc1ccc2c(c1)[C@@H]1O[C@@H]1C(C)(C)O2. The van der Waals surface area contributed by atoms with E-state index in [4.69, 9.17) is 14.2 Å². The van der Waals surface area contributed by atoms with Crippen LogP contribution in [0.3, 0.4) is 0 Å². The van der Waals surface area contributed by atoms with E-state index in [0.717, 1.165) is 36.5 Å². The van der Waals surface area contributed by atoms with Crippen LogP contribution in [0.2, 0.25) is 0 Å². The third kappa shape index (κ3) is 1.97. The Kier molecular flexibility index (Phi) is 2.74. The largest absolute Gasteiger partial charge is 0.494 e. The smallest absolute Gasteiger partial charge is 0.132 e.